The monoisotopic (exact) mass is 2060 g/mol. The smallest absolute Gasteiger partial charge is 0.490 e. The van der Waals surface area contributed by atoms with Gasteiger partial charge in [0.05, 0.1) is 71.5 Å². The summed E-state index contributed by atoms with van der Waals surface area (Å²) < 4.78 is 119. The first-order chi connectivity index (χ1) is 65.9. The number of nitrogens with two attached hydrogens (primary N) is 2. The average Bonchev–Trinajstić information content (AvgIpc) is 1.08. The molecule has 8 aromatic rings. The first-order valence-electron chi connectivity index (χ1n) is 41.2. The van der Waals surface area contributed by atoms with Crippen molar-refractivity contribution in [2.45, 2.75) is 101 Å². The molecule has 740 valence electrons. The van der Waals surface area contributed by atoms with Gasteiger partial charge in [0, 0.05) is 120 Å². The van der Waals surface area contributed by atoms with Crippen molar-refractivity contribution in [1.29, 1.82) is 0 Å². The van der Waals surface area contributed by atoms with Gasteiger partial charge in [-0.05, 0) is 116 Å². The Kier molecular flexibility index (Phi) is 32.3. The first kappa shape index (κ1) is 104. The third-order valence-corrected chi connectivity index (χ3v) is 28.5. The molecule has 0 saturated carbocycles. The number of benzene rings is 6. The van der Waals surface area contributed by atoms with Gasteiger partial charge in [-0.25, -0.2) is 37.0 Å². The van der Waals surface area contributed by atoms with Gasteiger partial charge >= 0.3 is 58.9 Å². The van der Waals surface area contributed by atoms with Crippen LogP contribution in [0.25, 0.3) is 88.9 Å². The van der Waals surface area contributed by atoms with Crippen LogP contribution in [-0.2, 0) is 72.7 Å². The number of carboxylic acid groups (broad SMARTS) is 2. The van der Waals surface area contributed by atoms with Gasteiger partial charge in [-0.1, -0.05) is 42.6 Å². The number of phenolic OH excluding ortho intramolecular Hbond substituents is 2. The molecule has 6 aliphatic rings. The summed E-state index contributed by atoms with van der Waals surface area (Å²) in [4.78, 5) is 213. The van der Waals surface area contributed by atoms with E-state index in [2.05, 4.69) is 91.2 Å². The molecule has 10 atom stereocenters. The molecule has 52 nitrogen and oxygen atoms in total. The SMILES string of the molecule is Nc1nc2c(c(C#CCNC(=O)CCCCCNC(=O)c3ccc(-c4c5ccc(=O)cc-5oc5cc(O)ccc45)c(C(=O)O)c3)cn2C2CC(O)C(COP(=O)(O)OP(=O)(O)OP(=O)(O)O)O2)c(=O)[nH]1.Nc1nc2c(c(C#CCNC(=O)CCCCCNC(=O)c3ccc(C(=O)O)c(-c4c5ccc(=O)cc-5oc5cc(O)ccc45)c3)cn2C2CC(O)C(COP(=O)(O)OP(=O)(O)OP(=O)(O)O)O2)c(=O)[nH]1. The van der Waals surface area contributed by atoms with Gasteiger partial charge in [-0.3, -0.25) is 57.4 Å². The lowest BCUT2D eigenvalue weighted by molar-refractivity contribution is -0.121. The molecule has 0 bridgehead atoms. The minimum atomic E-state index is -5.80. The van der Waals surface area contributed by atoms with Gasteiger partial charge in [-0.15, -0.1) is 0 Å². The molecule has 10 unspecified atom stereocenters. The number of aliphatic hydroxyl groups excluding tert-OH is 2. The zero-order valence-corrected chi connectivity index (χ0v) is 77.2. The average molecular weight is 2060 g/mol. The largest absolute Gasteiger partial charge is 0.508 e. The number of phenols is 2. The molecular weight excluding hydrogens is 1980 g/mol. The summed E-state index contributed by atoms with van der Waals surface area (Å²) in [5.41, 5.74) is 12.1. The number of nitrogen functional groups attached to an aromatic ring is 2. The number of H-pyrrole nitrogens is 2. The molecule has 8 heterocycles. The van der Waals surface area contributed by atoms with Crippen molar-refractivity contribution in [3.8, 4) is 80.1 Å². The van der Waals surface area contributed by atoms with Crippen molar-refractivity contribution in [2.75, 3.05) is 50.9 Å². The van der Waals surface area contributed by atoms with Gasteiger partial charge in [0.15, 0.2) is 22.2 Å². The zero-order chi connectivity index (χ0) is 101. The lowest BCUT2D eigenvalue weighted by atomic mass is 9.89. The Morgan fingerprint density at radius 1 is 0.471 bits per heavy atom. The summed E-state index contributed by atoms with van der Waals surface area (Å²) in [5, 5.41) is 73.4. The molecule has 2 aliphatic carbocycles. The van der Waals surface area contributed by atoms with E-state index in [1.807, 2.05) is 0 Å². The molecule has 4 amide bonds. The normalized spacial score (nSPS) is 17.7. The number of rotatable bonds is 36. The highest BCUT2D eigenvalue weighted by atomic mass is 31.3. The number of ether oxygens (including phenoxy) is 2. The van der Waals surface area contributed by atoms with Crippen LogP contribution in [0.1, 0.15) is 129 Å². The maximum Gasteiger partial charge on any atom is 0.490 e. The number of aromatic nitrogens is 6. The number of fused-ring (bicyclic) bond motifs is 6. The predicted octanol–water partition coefficient (Wildman–Crippen LogP) is 6.08. The second kappa shape index (κ2) is 43.3. The molecule has 2 saturated heterocycles. The summed E-state index contributed by atoms with van der Waals surface area (Å²) >= 11 is 0. The standard InChI is InChI=1S/2C41H41N6O20P3/c42-41-45-37-35(39(53)46-41)22(19-47(37)34-18-29(50)32(65-34)20-63-69(59,60)67-70(61,62)66-68(56,57)58)5-4-14-43-33(51)6-2-1-3-13-44-38(52)21-7-10-25(40(54)55)28(15-21)36-26-11-8-23(48)16-30(26)64-31-17-24(49)9-12-27(31)36;42-41-45-37-35(39(53)46-41)22(19-47(37)34-18-29(50)32(65-34)20-63-69(59,60)67-70(61,62)66-68(56,57)58)5-4-14-43-33(51)6-2-1-3-13-44-38(52)21-7-10-25(28(15-21)40(54)55)36-26-11-8-23(48)16-30(26)64-31-17-24(49)9-12-27(31)36/h2*7-12,15-17,19,29,32,34,48,50H,1-3,6,13-14,18,20H2,(H,43,51)(H,44,52)(H,54,55)(H,59,60)(H,61,62)(H2,56,57,58)(H3,42,45,46,53). The fraction of sp³-hybridized carbons (Fsp3) is 0.268. The number of hydrogen-bond donors (Lipinski definition) is 22. The van der Waals surface area contributed by atoms with Crippen LogP contribution < -0.4 is 54.7 Å². The molecule has 4 aliphatic heterocycles. The Labute approximate surface area is 783 Å². The Hall–Kier alpha value is -13.1. The number of amides is 4. The van der Waals surface area contributed by atoms with E-state index in [1.165, 1.54) is 119 Å². The van der Waals surface area contributed by atoms with Crippen LogP contribution in [0.15, 0.2) is 150 Å². The Morgan fingerprint density at radius 3 is 1.30 bits per heavy atom. The van der Waals surface area contributed by atoms with Gasteiger partial charge < -0.3 is 130 Å². The van der Waals surface area contributed by atoms with Crippen LogP contribution in [0.5, 0.6) is 11.5 Å². The number of anilines is 2. The van der Waals surface area contributed by atoms with Crippen molar-refractivity contribution >= 4 is 138 Å². The predicted molar refractivity (Wildman–Crippen MR) is 486 cm³/mol. The maximum absolute atomic E-state index is 13.3. The number of aliphatic hydroxyl groups is 2. The number of carbonyl (C=O) groups excluding carboxylic acids is 4. The second-order valence-electron chi connectivity index (χ2n) is 30.9. The van der Waals surface area contributed by atoms with Crippen molar-refractivity contribution < 1.29 is 171 Å². The number of nitrogens with zero attached hydrogens (tertiary/aromatic N) is 4. The Bertz CT molecular complexity index is 7550. The number of aromatic hydroxyl groups is 2. The van der Waals surface area contributed by atoms with E-state index in [-0.39, 0.29) is 187 Å². The zero-order valence-electron chi connectivity index (χ0n) is 71.8. The lowest BCUT2D eigenvalue weighted by Crippen LogP contribution is -2.26. The Balaban J connectivity index is 0.000000236. The third-order valence-electron chi connectivity index (χ3n) is 20.9. The highest BCUT2D eigenvalue weighted by Crippen LogP contribution is 2.68. The second-order valence-corrected chi connectivity index (χ2v) is 39.7. The van der Waals surface area contributed by atoms with E-state index in [0.717, 1.165) is 0 Å². The fourth-order valence-corrected chi connectivity index (χ4v) is 21.0. The molecule has 4 aromatic carbocycles. The quantitative estimate of drug-likeness (QED) is 0.00915. The molecule has 58 heteroatoms. The van der Waals surface area contributed by atoms with Crippen molar-refractivity contribution in [2.24, 2.45) is 0 Å². The number of phosphoric ester groups is 2. The van der Waals surface area contributed by atoms with Crippen LogP contribution in [0, 0.1) is 23.7 Å². The number of hydrogen-bond acceptors (Lipinski definition) is 34. The van der Waals surface area contributed by atoms with Gasteiger partial charge in [-0.2, -0.15) is 27.2 Å². The number of aromatic amines is 2. The summed E-state index contributed by atoms with van der Waals surface area (Å²) in [6.07, 6.45) is -2.43. The number of nitrogens with one attached hydrogen (secondary N) is 6. The van der Waals surface area contributed by atoms with Crippen LogP contribution in [0.4, 0.5) is 11.9 Å². The van der Waals surface area contributed by atoms with Crippen molar-refractivity contribution in [3.05, 3.63) is 196 Å². The number of aromatic carboxylic acids is 2. The van der Waals surface area contributed by atoms with Crippen molar-refractivity contribution in [1.82, 2.24) is 50.3 Å². The highest BCUT2D eigenvalue weighted by Gasteiger charge is 2.46. The molecular formula is C82H82N12O40P6. The minimum Gasteiger partial charge on any atom is -0.508 e. The van der Waals surface area contributed by atoms with Gasteiger partial charge in [0.2, 0.25) is 23.7 Å². The van der Waals surface area contributed by atoms with Crippen LogP contribution in [0.3, 0.4) is 0 Å². The van der Waals surface area contributed by atoms with E-state index in [9.17, 15) is 126 Å². The van der Waals surface area contributed by atoms with Crippen LogP contribution in [-0.4, -0.2) is 198 Å². The van der Waals surface area contributed by atoms with E-state index < -0.39 is 132 Å². The Morgan fingerprint density at radius 2 is 0.879 bits per heavy atom. The van der Waals surface area contributed by atoms with Gasteiger partial charge in [0.25, 0.3) is 22.9 Å². The lowest BCUT2D eigenvalue weighted by Gasteiger charge is -2.19. The van der Waals surface area contributed by atoms with Crippen molar-refractivity contribution in [3.63, 3.8) is 0 Å². The van der Waals surface area contributed by atoms with Crippen LogP contribution in [0.2, 0.25) is 0 Å². The third kappa shape index (κ3) is 26.5. The molecule has 0 spiro atoms. The highest BCUT2D eigenvalue weighted by molar-refractivity contribution is 7.67. The topological polar surface area (TPSA) is 824 Å². The number of carboxylic acids is 2. The fourth-order valence-electron chi connectivity index (χ4n) is 15.0. The van der Waals surface area contributed by atoms with E-state index >= 15 is 0 Å². The molecule has 14 rings (SSSR count). The molecule has 2 fully saturated rings. The summed E-state index contributed by atoms with van der Waals surface area (Å²) in [5.74, 6) is 6.29. The number of carbonyl (C=O) groups is 6. The van der Waals surface area contributed by atoms with Crippen LogP contribution >= 0.6 is 46.9 Å². The van der Waals surface area contributed by atoms with E-state index in [1.54, 1.807) is 12.1 Å². The summed E-state index contributed by atoms with van der Waals surface area (Å²) in [6, 6.07) is 25.1. The summed E-state index contributed by atoms with van der Waals surface area (Å²) in [6.45, 7) is -1.73. The maximum atomic E-state index is 13.3. The minimum absolute atomic E-state index is 0.0353. The number of phosphoric acid groups is 6. The molecule has 4 aromatic heterocycles. The van der Waals surface area contributed by atoms with E-state index in [0.29, 0.717) is 71.6 Å². The molecule has 140 heavy (non-hydrogen) atoms. The van der Waals surface area contributed by atoms with Gasteiger partial charge in [0.1, 0.15) is 58.8 Å². The first-order valence-corrected chi connectivity index (χ1v) is 50.3. The molecule has 0 radical (unpaired) electrons. The number of unbranched alkanes of at least 4 members (excludes halogenated alkanes) is 4. The molecule has 24 N–H and O–H groups in total. The summed E-state index contributed by atoms with van der Waals surface area (Å²) in [7, 11) is -33.9. The van der Waals surface area contributed by atoms with E-state index in [4.69, 9.17) is 49.3 Å².